The van der Waals surface area contributed by atoms with Crippen LogP contribution in [0.1, 0.15) is 20.8 Å². The molecule has 0 spiro atoms. The fourth-order valence-electron chi connectivity index (χ4n) is 2.07. The quantitative estimate of drug-likeness (QED) is 0.844. The number of piperazine rings is 1. The summed E-state index contributed by atoms with van der Waals surface area (Å²) in [4.78, 5) is 30.1. The minimum atomic E-state index is -0.473. The number of H-pyrrole nitrogens is 1. The Morgan fingerprint density at radius 3 is 2.45 bits per heavy atom. The molecule has 1 N–H and O–H groups in total. The highest BCUT2D eigenvalue weighted by molar-refractivity contribution is 5.68. The summed E-state index contributed by atoms with van der Waals surface area (Å²) in [6.45, 7) is 8.11. The molecule has 1 aromatic rings. The van der Waals surface area contributed by atoms with E-state index >= 15 is 0 Å². The van der Waals surface area contributed by atoms with Crippen molar-refractivity contribution in [2.75, 3.05) is 31.1 Å². The predicted octanol–water partition coefficient (Wildman–Crippen LogP) is 1.43. The van der Waals surface area contributed by atoms with E-state index in [1.807, 2.05) is 20.8 Å². The fraction of sp³-hybridized carbons (Fsp3) is 0.571. The van der Waals surface area contributed by atoms with E-state index in [-0.39, 0.29) is 11.5 Å². The van der Waals surface area contributed by atoms with Crippen molar-refractivity contribution >= 4 is 11.9 Å². The Hall–Kier alpha value is -1.98. The normalized spacial score (nSPS) is 16.1. The van der Waals surface area contributed by atoms with Crippen LogP contribution in [-0.4, -0.2) is 47.8 Å². The van der Waals surface area contributed by atoms with Gasteiger partial charge in [0.25, 0.3) is 0 Å². The third-order valence-electron chi connectivity index (χ3n) is 3.03. The van der Waals surface area contributed by atoms with Crippen LogP contribution in [0, 0.1) is 0 Å². The number of nitrogens with one attached hydrogen (secondary N) is 1. The van der Waals surface area contributed by atoms with Crippen LogP contribution in [0.15, 0.2) is 23.1 Å². The minimum absolute atomic E-state index is 0.0201. The summed E-state index contributed by atoms with van der Waals surface area (Å²) in [5, 5.41) is 0. The van der Waals surface area contributed by atoms with Gasteiger partial charge in [-0.05, 0) is 20.8 Å². The maximum absolute atomic E-state index is 11.9. The van der Waals surface area contributed by atoms with Gasteiger partial charge in [-0.25, -0.2) is 4.79 Å². The lowest BCUT2D eigenvalue weighted by Crippen LogP contribution is -2.50. The van der Waals surface area contributed by atoms with Crippen molar-refractivity contribution in [1.82, 2.24) is 9.88 Å². The zero-order chi connectivity index (χ0) is 14.8. The largest absolute Gasteiger partial charge is 0.444 e. The van der Waals surface area contributed by atoms with Gasteiger partial charge in [0, 0.05) is 44.5 Å². The molecule has 2 heterocycles. The van der Waals surface area contributed by atoms with E-state index in [9.17, 15) is 9.59 Å². The molecule has 1 fully saturated rings. The molecular formula is C14H21N3O3. The summed E-state index contributed by atoms with van der Waals surface area (Å²) in [5.74, 6) is 0.793. The van der Waals surface area contributed by atoms with Crippen molar-refractivity contribution < 1.29 is 9.53 Å². The fourth-order valence-corrected chi connectivity index (χ4v) is 2.07. The number of rotatable bonds is 1. The monoisotopic (exact) mass is 279 g/mol. The van der Waals surface area contributed by atoms with Crippen LogP contribution in [0.25, 0.3) is 0 Å². The molecule has 20 heavy (non-hydrogen) atoms. The number of ether oxygens (including phenoxy) is 1. The number of carbonyl (C=O) groups excluding carboxylic acids is 1. The number of aromatic amines is 1. The molecule has 0 aromatic carbocycles. The first-order chi connectivity index (χ1) is 9.35. The topological polar surface area (TPSA) is 65.6 Å². The number of carbonyl (C=O) groups is 1. The summed E-state index contributed by atoms with van der Waals surface area (Å²) < 4.78 is 5.35. The maximum atomic E-state index is 11.9. The molecule has 6 heteroatoms. The Balaban J connectivity index is 1.92. The van der Waals surface area contributed by atoms with Gasteiger partial charge in [-0.15, -0.1) is 0 Å². The molecule has 1 amide bonds. The summed E-state index contributed by atoms with van der Waals surface area (Å²) in [5.41, 5.74) is -0.493. The molecular weight excluding hydrogens is 258 g/mol. The summed E-state index contributed by atoms with van der Waals surface area (Å²) >= 11 is 0. The Kier molecular flexibility index (Phi) is 4.01. The Morgan fingerprint density at radius 2 is 1.90 bits per heavy atom. The summed E-state index contributed by atoms with van der Waals surface area (Å²) in [7, 11) is 0. The van der Waals surface area contributed by atoms with Crippen molar-refractivity contribution in [3.05, 3.63) is 28.6 Å². The summed E-state index contributed by atoms with van der Waals surface area (Å²) in [6.07, 6.45) is 1.36. The molecule has 0 atom stereocenters. The molecule has 0 bridgehead atoms. The molecule has 6 nitrogen and oxygen atoms in total. The molecule has 0 saturated carbocycles. The maximum Gasteiger partial charge on any atom is 0.410 e. The van der Waals surface area contributed by atoms with Crippen LogP contribution in [-0.2, 0) is 4.74 Å². The molecule has 0 aliphatic carbocycles. The van der Waals surface area contributed by atoms with E-state index in [0.717, 1.165) is 5.82 Å². The van der Waals surface area contributed by atoms with Crippen LogP contribution >= 0.6 is 0 Å². The number of hydrogen-bond acceptors (Lipinski definition) is 4. The Labute approximate surface area is 118 Å². The van der Waals surface area contributed by atoms with Gasteiger partial charge in [0.15, 0.2) is 5.43 Å². The number of anilines is 1. The smallest absolute Gasteiger partial charge is 0.410 e. The van der Waals surface area contributed by atoms with Gasteiger partial charge in [0.05, 0.1) is 0 Å². The number of amides is 1. The van der Waals surface area contributed by atoms with Gasteiger partial charge in [-0.3, -0.25) is 4.79 Å². The zero-order valence-electron chi connectivity index (χ0n) is 12.2. The number of pyridine rings is 1. The van der Waals surface area contributed by atoms with E-state index in [2.05, 4.69) is 9.88 Å². The lowest BCUT2D eigenvalue weighted by Gasteiger charge is -2.36. The highest BCUT2D eigenvalue weighted by Crippen LogP contribution is 2.14. The van der Waals surface area contributed by atoms with Crippen molar-refractivity contribution in [3.8, 4) is 0 Å². The first-order valence-corrected chi connectivity index (χ1v) is 6.77. The first kappa shape index (κ1) is 14.4. The Bertz CT molecular complexity index is 525. The highest BCUT2D eigenvalue weighted by Gasteiger charge is 2.26. The average Bonchev–Trinajstić information content (AvgIpc) is 2.37. The van der Waals surface area contributed by atoms with Crippen LogP contribution in [0.5, 0.6) is 0 Å². The SMILES string of the molecule is CC(C)(C)OC(=O)N1CCN(c2cc(=O)cc[nH]2)CC1. The van der Waals surface area contributed by atoms with Gasteiger partial charge >= 0.3 is 6.09 Å². The van der Waals surface area contributed by atoms with E-state index in [1.165, 1.54) is 6.07 Å². The lowest BCUT2D eigenvalue weighted by atomic mass is 10.2. The molecule has 1 aromatic heterocycles. The van der Waals surface area contributed by atoms with E-state index in [1.54, 1.807) is 17.2 Å². The molecule has 0 radical (unpaired) electrons. The third-order valence-corrected chi connectivity index (χ3v) is 3.03. The zero-order valence-corrected chi connectivity index (χ0v) is 12.2. The van der Waals surface area contributed by atoms with Crippen molar-refractivity contribution in [1.29, 1.82) is 0 Å². The van der Waals surface area contributed by atoms with Crippen molar-refractivity contribution in [2.45, 2.75) is 26.4 Å². The molecule has 110 valence electrons. The average molecular weight is 279 g/mol. The van der Waals surface area contributed by atoms with Gasteiger partial charge in [0.1, 0.15) is 11.4 Å². The van der Waals surface area contributed by atoms with Gasteiger partial charge < -0.3 is 19.5 Å². The molecule has 1 aliphatic rings. The van der Waals surface area contributed by atoms with E-state index in [4.69, 9.17) is 4.74 Å². The Morgan fingerprint density at radius 1 is 1.25 bits per heavy atom. The standard InChI is InChI=1S/C14H21N3O3/c1-14(2,3)20-13(19)17-8-6-16(7-9-17)12-10-11(18)4-5-15-12/h4-5,10H,6-9H2,1-3H3,(H,15,18). The van der Waals surface area contributed by atoms with Crippen LogP contribution in [0.2, 0.25) is 0 Å². The number of aromatic nitrogens is 1. The second-order valence-corrected chi connectivity index (χ2v) is 5.86. The van der Waals surface area contributed by atoms with E-state index < -0.39 is 5.60 Å². The molecule has 0 unspecified atom stereocenters. The third kappa shape index (κ3) is 3.76. The van der Waals surface area contributed by atoms with Gasteiger partial charge in [-0.2, -0.15) is 0 Å². The van der Waals surface area contributed by atoms with Crippen LogP contribution in [0.4, 0.5) is 10.6 Å². The number of hydrogen-bond donors (Lipinski definition) is 1. The molecule has 1 saturated heterocycles. The second kappa shape index (κ2) is 5.56. The second-order valence-electron chi connectivity index (χ2n) is 5.86. The van der Waals surface area contributed by atoms with Crippen LogP contribution < -0.4 is 10.3 Å². The summed E-state index contributed by atoms with van der Waals surface area (Å²) in [6, 6.07) is 3.06. The molecule has 2 rings (SSSR count). The lowest BCUT2D eigenvalue weighted by molar-refractivity contribution is 0.0240. The predicted molar refractivity (Wildman–Crippen MR) is 77.1 cm³/mol. The van der Waals surface area contributed by atoms with Gasteiger partial charge in [0.2, 0.25) is 0 Å². The highest BCUT2D eigenvalue weighted by atomic mass is 16.6. The van der Waals surface area contributed by atoms with Crippen LogP contribution in [0.3, 0.4) is 0 Å². The van der Waals surface area contributed by atoms with Crippen molar-refractivity contribution in [3.63, 3.8) is 0 Å². The number of nitrogens with zero attached hydrogens (tertiary/aromatic N) is 2. The minimum Gasteiger partial charge on any atom is -0.444 e. The molecule has 1 aliphatic heterocycles. The van der Waals surface area contributed by atoms with Crippen molar-refractivity contribution in [2.24, 2.45) is 0 Å². The first-order valence-electron chi connectivity index (χ1n) is 6.77. The van der Waals surface area contributed by atoms with Gasteiger partial charge in [-0.1, -0.05) is 0 Å². The van der Waals surface area contributed by atoms with E-state index in [0.29, 0.717) is 26.2 Å².